The fourth-order valence-electron chi connectivity index (χ4n) is 5.65. The van der Waals surface area contributed by atoms with Crippen LogP contribution in [0.3, 0.4) is 0 Å². The molecule has 1 amide bonds. The van der Waals surface area contributed by atoms with Crippen LogP contribution >= 0.6 is 0 Å². The van der Waals surface area contributed by atoms with Crippen molar-refractivity contribution in [1.82, 2.24) is 19.6 Å². The Bertz CT molecular complexity index is 1040. The van der Waals surface area contributed by atoms with Gasteiger partial charge in [-0.25, -0.2) is 4.68 Å². The molecule has 2 atom stereocenters. The zero-order valence-corrected chi connectivity index (χ0v) is 19.2. The van der Waals surface area contributed by atoms with Crippen molar-refractivity contribution in [2.75, 3.05) is 26.2 Å². The SMILES string of the molecule is Cc1nn(-c2cccc(C(F)(F)F)c2)c(C2CC2)c1C(=O)N1CC[C@H](N2CCCC2)[C@@H](C)C1. The van der Waals surface area contributed by atoms with Gasteiger partial charge in [0.25, 0.3) is 5.91 Å². The molecule has 2 aromatic rings. The average Bonchev–Trinajstić information content (AvgIpc) is 3.35. The summed E-state index contributed by atoms with van der Waals surface area (Å²) in [4.78, 5) is 18.2. The summed E-state index contributed by atoms with van der Waals surface area (Å²) in [5.41, 5.74) is 1.59. The molecule has 178 valence electrons. The minimum atomic E-state index is -4.42. The van der Waals surface area contributed by atoms with Crippen molar-refractivity contribution in [3.8, 4) is 5.69 Å². The maximum absolute atomic E-state index is 13.7. The molecule has 2 aliphatic heterocycles. The number of likely N-dealkylation sites (tertiary alicyclic amines) is 2. The second-order valence-corrected chi connectivity index (χ2v) is 9.91. The van der Waals surface area contributed by atoms with Crippen LogP contribution in [-0.4, -0.2) is 57.7 Å². The van der Waals surface area contributed by atoms with Gasteiger partial charge in [-0.05, 0) is 76.2 Å². The standard InChI is InChI=1S/C25H31F3N4O/c1-16-15-31(13-10-21(16)30-11-3-4-12-30)24(33)22-17(2)29-32(23(22)18-8-9-18)20-7-5-6-19(14-20)25(26,27)28/h5-7,14,16,18,21H,3-4,8-13,15H2,1-2H3/t16-,21-/m0/s1. The highest BCUT2D eigenvalue weighted by molar-refractivity contribution is 5.97. The van der Waals surface area contributed by atoms with Gasteiger partial charge in [-0.3, -0.25) is 9.69 Å². The van der Waals surface area contributed by atoms with E-state index in [1.54, 1.807) is 17.7 Å². The maximum atomic E-state index is 13.7. The lowest BCUT2D eigenvalue weighted by atomic mass is 9.92. The van der Waals surface area contributed by atoms with Gasteiger partial charge in [0.15, 0.2) is 0 Å². The summed E-state index contributed by atoms with van der Waals surface area (Å²) in [6.45, 7) is 7.74. The molecule has 1 saturated carbocycles. The monoisotopic (exact) mass is 460 g/mol. The first kappa shape index (κ1) is 22.4. The molecule has 5 nitrogen and oxygen atoms in total. The van der Waals surface area contributed by atoms with Gasteiger partial charge in [-0.2, -0.15) is 18.3 Å². The first-order chi connectivity index (χ1) is 15.7. The number of carbonyl (C=O) groups is 1. The summed E-state index contributed by atoms with van der Waals surface area (Å²) < 4.78 is 41.5. The number of aryl methyl sites for hydroxylation is 1. The molecule has 1 aromatic heterocycles. The second kappa shape index (κ2) is 8.46. The Morgan fingerprint density at radius 1 is 1.09 bits per heavy atom. The molecule has 33 heavy (non-hydrogen) atoms. The largest absolute Gasteiger partial charge is 0.416 e. The molecule has 3 aliphatic rings. The maximum Gasteiger partial charge on any atom is 0.416 e. The van der Waals surface area contributed by atoms with E-state index in [0.29, 0.717) is 42.0 Å². The third-order valence-corrected chi connectivity index (χ3v) is 7.45. The molecule has 0 spiro atoms. The smallest absolute Gasteiger partial charge is 0.338 e. The van der Waals surface area contributed by atoms with E-state index in [1.807, 2.05) is 4.90 Å². The summed E-state index contributed by atoms with van der Waals surface area (Å²) in [6, 6.07) is 5.74. The van der Waals surface area contributed by atoms with Gasteiger partial charge in [-0.1, -0.05) is 13.0 Å². The highest BCUT2D eigenvalue weighted by Crippen LogP contribution is 2.44. The van der Waals surface area contributed by atoms with Crippen LogP contribution in [0, 0.1) is 12.8 Å². The topological polar surface area (TPSA) is 41.4 Å². The Hall–Kier alpha value is -2.35. The molecule has 5 rings (SSSR count). The van der Waals surface area contributed by atoms with Crippen LogP contribution in [-0.2, 0) is 6.18 Å². The number of nitrogens with zero attached hydrogens (tertiary/aromatic N) is 4. The number of hydrogen-bond acceptors (Lipinski definition) is 3. The highest BCUT2D eigenvalue weighted by Gasteiger charge is 2.39. The van der Waals surface area contributed by atoms with Crippen LogP contribution in [0.15, 0.2) is 24.3 Å². The summed E-state index contributed by atoms with van der Waals surface area (Å²) >= 11 is 0. The van der Waals surface area contributed by atoms with Gasteiger partial charge in [-0.15, -0.1) is 0 Å². The third kappa shape index (κ3) is 4.29. The van der Waals surface area contributed by atoms with Gasteiger partial charge < -0.3 is 4.90 Å². The summed E-state index contributed by atoms with van der Waals surface area (Å²) in [5, 5.41) is 4.57. The second-order valence-electron chi connectivity index (χ2n) is 9.91. The number of aromatic nitrogens is 2. The van der Waals surface area contributed by atoms with E-state index >= 15 is 0 Å². The van der Waals surface area contributed by atoms with Gasteiger partial charge >= 0.3 is 6.18 Å². The number of halogens is 3. The summed E-state index contributed by atoms with van der Waals surface area (Å²) in [6.07, 6.45) is 0.906. The lowest BCUT2D eigenvalue weighted by Crippen LogP contribution is -2.51. The molecule has 1 aliphatic carbocycles. The highest BCUT2D eigenvalue weighted by atomic mass is 19.4. The number of alkyl halides is 3. The zero-order valence-electron chi connectivity index (χ0n) is 19.2. The Kier molecular flexibility index (Phi) is 5.75. The molecule has 0 bridgehead atoms. The molecule has 1 aromatic carbocycles. The van der Waals surface area contributed by atoms with Gasteiger partial charge in [0.2, 0.25) is 0 Å². The van der Waals surface area contributed by atoms with E-state index in [9.17, 15) is 18.0 Å². The molecular formula is C25H31F3N4O. The van der Waals surface area contributed by atoms with Gasteiger partial charge in [0, 0.05) is 25.0 Å². The normalized spacial score (nSPS) is 24.5. The molecule has 0 radical (unpaired) electrons. The Labute approximate surface area is 192 Å². The summed E-state index contributed by atoms with van der Waals surface area (Å²) in [7, 11) is 0. The number of piperidine rings is 1. The Balaban J connectivity index is 1.44. The first-order valence-corrected chi connectivity index (χ1v) is 12.0. The van der Waals surface area contributed by atoms with Crippen LogP contribution in [0.1, 0.15) is 72.3 Å². The van der Waals surface area contributed by atoms with Crippen molar-refractivity contribution >= 4 is 5.91 Å². The predicted octanol–water partition coefficient (Wildman–Crippen LogP) is 5.02. The quantitative estimate of drug-likeness (QED) is 0.643. The zero-order chi connectivity index (χ0) is 23.3. The predicted molar refractivity (Wildman–Crippen MR) is 120 cm³/mol. The number of hydrogen-bond donors (Lipinski definition) is 0. The third-order valence-electron chi connectivity index (χ3n) is 7.45. The van der Waals surface area contributed by atoms with Crippen molar-refractivity contribution in [1.29, 1.82) is 0 Å². The van der Waals surface area contributed by atoms with Gasteiger partial charge in [0.05, 0.1) is 28.2 Å². The lowest BCUT2D eigenvalue weighted by molar-refractivity contribution is -0.137. The van der Waals surface area contributed by atoms with E-state index in [1.165, 1.54) is 18.9 Å². The minimum Gasteiger partial charge on any atom is -0.338 e. The molecule has 3 heterocycles. The van der Waals surface area contributed by atoms with E-state index in [0.717, 1.165) is 50.2 Å². The lowest BCUT2D eigenvalue weighted by Gasteiger charge is -2.41. The van der Waals surface area contributed by atoms with Crippen LogP contribution in [0.2, 0.25) is 0 Å². The first-order valence-electron chi connectivity index (χ1n) is 12.0. The van der Waals surface area contributed by atoms with Crippen molar-refractivity contribution in [3.05, 3.63) is 46.8 Å². The molecular weight excluding hydrogens is 429 g/mol. The van der Waals surface area contributed by atoms with Gasteiger partial charge in [0.1, 0.15) is 0 Å². The fraction of sp³-hybridized carbons (Fsp3) is 0.600. The molecule has 0 N–H and O–H groups in total. The van der Waals surface area contributed by atoms with E-state index < -0.39 is 11.7 Å². The average molecular weight is 461 g/mol. The van der Waals surface area contributed by atoms with E-state index in [4.69, 9.17) is 0 Å². The summed E-state index contributed by atoms with van der Waals surface area (Å²) in [5.74, 6) is 0.530. The number of amides is 1. The number of benzene rings is 1. The Morgan fingerprint density at radius 3 is 2.45 bits per heavy atom. The van der Waals surface area contributed by atoms with Crippen LogP contribution in [0.5, 0.6) is 0 Å². The van der Waals surface area contributed by atoms with Crippen LogP contribution in [0.4, 0.5) is 13.2 Å². The number of rotatable bonds is 4. The minimum absolute atomic E-state index is 0.0284. The van der Waals surface area contributed by atoms with Crippen LogP contribution in [0.25, 0.3) is 5.69 Å². The molecule has 2 saturated heterocycles. The molecule has 8 heteroatoms. The molecule has 3 fully saturated rings. The van der Waals surface area contributed by atoms with E-state index in [-0.39, 0.29) is 11.8 Å². The Morgan fingerprint density at radius 2 is 1.82 bits per heavy atom. The van der Waals surface area contributed by atoms with E-state index in [2.05, 4.69) is 16.9 Å². The van der Waals surface area contributed by atoms with Crippen molar-refractivity contribution < 1.29 is 18.0 Å². The van der Waals surface area contributed by atoms with Crippen LogP contribution < -0.4 is 0 Å². The van der Waals surface area contributed by atoms with Crippen molar-refractivity contribution in [3.63, 3.8) is 0 Å². The van der Waals surface area contributed by atoms with Crippen molar-refractivity contribution in [2.45, 2.75) is 64.1 Å². The van der Waals surface area contributed by atoms with Crippen molar-refractivity contribution in [2.24, 2.45) is 5.92 Å². The molecule has 0 unspecified atom stereocenters. The fourth-order valence-corrected chi connectivity index (χ4v) is 5.65. The number of carbonyl (C=O) groups excluding carboxylic acids is 1.